The number of rotatable bonds is 18. The molecule has 1 aromatic rings. The zero-order chi connectivity index (χ0) is 28.9. The van der Waals surface area contributed by atoms with Crippen LogP contribution in [0.25, 0.3) is 22.6 Å². The van der Waals surface area contributed by atoms with Crippen molar-refractivity contribution in [3.8, 4) is 11.5 Å². The monoisotopic (exact) mass is 552 g/mol. The van der Waals surface area contributed by atoms with E-state index >= 15 is 0 Å². The van der Waals surface area contributed by atoms with Gasteiger partial charge in [0.25, 0.3) is 5.56 Å². The molecule has 0 saturated heterocycles. The third kappa shape index (κ3) is 8.73. The van der Waals surface area contributed by atoms with Gasteiger partial charge in [-0.1, -0.05) is 103 Å². The number of aryl methyl sites for hydroxylation is 2. The lowest BCUT2D eigenvalue weighted by atomic mass is 10.0. The SMILES string of the molecule is CCCCCCCCCCCCCCCCCCOC(=O)c1cc2c(cc1C)nc1c(=O)n(C)c(=O)nc-1n2C. The second-order valence-corrected chi connectivity index (χ2v) is 11.2. The molecule has 8 nitrogen and oxygen atoms in total. The molecule has 0 N–H and O–H groups in total. The van der Waals surface area contributed by atoms with Gasteiger partial charge in [-0.05, 0) is 31.0 Å². The number of nitrogens with zero attached hydrogens (tertiary/aromatic N) is 4. The molecule has 2 aliphatic rings. The average Bonchev–Trinajstić information content (AvgIpc) is 2.94. The third-order valence-corrected chi connectivity index (χ3v) is 7.89. The molecular weight excluding hydrogens is 504 g/mol. The first-order chi connectivity index (χ1) is 19.3. The lowest BCUT2D eigenvalue weighted by Crippen LogP contribution is -2.36. The van der Waals surface area contributed by atoms with E-state index in [0.29, 0.717) is 23.2 Å². The number of fused-ring (bicyclic) bond motifs is 2. The van der Waals surface area contributed by atoms with E-state index in [1.54, 1.807) is 23.7 Å². The number of carbonyl (C=O) groups is 1. The Kier molecular flexibility index (Phi) is 12.8. The molecule has 220 valence electrons. The molecule has 0 atom stereocenters. The van der Waals surface area contributed by atoms with E-state index in [9.17, 15) is 14.4 Å². The molecule has 2 heterocycles. The van der Waals surface area contributed by atoms with Crippen LogP contribution in [0, 0.1) is 6.92 Å². The molecule has 40 heavy (non-hydrogen) atoms. The molecular formula is C32H48N4O4. The summed E-state index contributed by atoms with van der Waals surface area (Å²) >= 11 is 0. The van der Waals surface area contributed by atoms with Gasteiger partial charge in [0.15, 0.2) is 11.5 Å². The van der Waals surface area contributed by atoms with Crippen LogP contribution in [0.4, 0.5) is 0 Å². The van der Waals surface area contributed by atoms with Crippen molar-refractivity contribution in [2.75, 3.05) is 6.61 Å². The van der Waals surface area contributed by atoms with Gasteiger partial charge < -0.3 is 9.30 Å². The molecule has 3 rings (SSSR count). The fourth-order valence-electron chi connectivity index (χ4n) is 5.28. The summed E-state index contributed by atoms with van der Waals surface area (Å²) in [7, 11) is 3.09. The molecule has 0 aromatic heterocycles. The van der Waals surface area contributed by atoms with Crippen LogP contribution < -0.4 is 11.2 Å². The van der Waals surface area contributed by atoms with Gasteiger partial charge in [0, 0.05) is 14.1 Å². The molecule has 0 bridgehead atoms. The second kappa shape index (κ2) is 16.3. The maximum Gasteiger partial charge on any atom is 0.352 e. The molecule has 8 heteroatoms. The highest BCUT2D eigenvalue weighted by molar-refractivity contribution is 5.96. The number of benzene rings is 1. The highest BCUT2D eigenvalue weighted by Crippen LogP contribution is 2.23. The topological polar surface area (TPSA) is 96.1 Å². The van der Waals surface area contributed by atoms with Crippen molar-refractivity contribution in [3.05, 3.63) is 44.1 Å². The van der Waals surface area contributed by atoms with Gasteiger partial charge in [0.05, 0.1) is 23.2 Å². The summed E-state index contributed by atoms with van der Waals surface area (Å²) in [6, 6.07) is 3.47. The molecule has 1 aromatic carbocycles. The van der Waals surface area contributed by atoms with Crippen molar-refractivity contribution in [1.82, 2.24) is 19.1 Å². The van der Waals surface area contributed by atoms with E-state index in [4.69, 9.17) is 4.74 Å². The first-order valence-corrected chi connectivity index (χ1v) is 15.4. The Morgan fingerprint density at radius 1 is 0.750 bits per heavy atom. The second-order valence-electron chi connectivity index (χ2n) is 11.2. The average molecular weight is 553 g/mol. The lowest BCUT2D eigenvalue weighted by Gasteiger charge is -2.15. The highest BCUT2D eigenvalue weighted by Gasteiger charge is 2.21. The lowest BCUT2D eigenvalue weighted by molar-refractivity contribution is 0.0497. The van der Waals surface area contributed by atoms with Gasteiger partial charge in [-0.3, -0.25) is 9.36 Å². The zero-order valence-corrected chi connectivity index (χ0v) is 25.1. The Balaban J connectivity index is 1.35. The first-order valence-electron chi connectivity index (χ1n) is 15.4. The summed E-state index contributed by atoms with van der Waals surface area (Å²) in [5.74, 6) is -0.182. The number of esters is 1. The largest absolute Gasteiger partial charge is 0.462 e. The van der Waals surface area contributed by atoms with Gasteiger partial charge in [0.2, 0.25) is 0 Å². The fraction of sp³-hybridized carbons (Fsp3) is 0.656. The van der Waals surface area contributed by atoms with Crippen molar-refractivity contribution in [2.24, 2.45) is 14.1 Å². The predicted octanol–water partition coefficient (Wildman–Crippen LogP) is 6.86. The summed E-state index contributed by atoms with van der Waals surface area (Å²) in [5, 5.41) is 0. The standard InChI is InChI=1S/C32H48N4O4/c1-5-6-7-8-9-10-11-12-13-14-15-16-17-18-19-20-21-40-31(38)25-23-27-26(22-24(25)2)33-28-29(35(27)3)34-32(39)36(4)30(28)37/h22-23H,5-21H2,1-4H3. The van der Waals surface area contributed by atoms with E-state index < -0.39 is 11.2 Å². The van der Waals surface area contributed by atoms with Gasteiger partial charge >= 0.3 is 11.7 Å². The molecule has 0 radical (unpaired) electrons. The van der Waals surface area contributed by atoms with Gasteiger partial charge in [-0.15, -0.1) is 0 Å². The maximum absolute atomic E-state index is 12.8. The van der Waals surface area contributed by atoms with Gasteiger partial charge in [0.1, 0.15) is 0 Å². The quantitative estimate of drug-likeness (QED) is 0.0972. The smallest absolute Gasteiger partial charge is 0.352 e. The Labute approximate surface area is 238 Å². The molecule has 2 aliphatic heterocycles. The normalized spacial score (nSPS) is 11.5. The van der Waals surface area contributed by atoms with Crippen molar-refractivity contribution >= 4 is 17.0 Å². The predicted molar refractivity (Wildman–Crippen MR) is 161 cm³/mol. The van der Waals surface area contributed by atoms with Crippen LogP contribution in [0.15, 0.2) is 21.7 Å². The molecule has 0 spiro atoms. The van der Waals surface area contributed by atoms with Crippen LogP contribution >= 0.6 is 0 Å². The van der Waals surface area contributed by atoms with Crippen molar-refractivity contribution in [1.29, 1.82) is 0 Å². The van der Waals surface area contributed by atoms with Crippen molar-refractivity contribution < 1.29 is 9.53 Å². The van der Waals surface area contributed by atoms with Crippen molar-refractivity contribution in [3.63, 3.8) is 0 Å². The molecule has 0 fully saturated rings. The van der Waals surface area contributed by atoms with E-state index in [2.05, 4.69) is 16.9 Å². The van der Waals surface area contributed by atoms with Crippen LogP contribution in [-0.2, 0) is 18.8 Å². The Morgan fingerprint density at radius 3 is 1.82 bits per heavy atom. The summed E-state index contributed by atoms with van der Waals surface area (Å²) in [6.45, 7) is 4.49. The maximum atomic E-state index is 12.8. The van der Waals surface area contributed by atoms with Crippen LogP contribution in [0.2, 0.25) is 0 Å². The molecule has 0 unspecified atom stereocenters. The number of unbranched alkanes of at least 4 members (excludes halogenated alkanes) is 15. The Hall–Kier alpha value is -3.03. The summed E-state index contributed by atoms with van der Waals surface area (Å²) in [6.07, 6.45) is 20.8. The molecule has 0 amide bonds. The Morgan fingerprint density at radius 2 is 1.27 bits per heavy atom. The van der Waals surface area contributed by atoms with E-state index in [-0.39, 0.29) is 17.5 Å². The Bertz CT molecular complexity index is 1330. The summed E-state index contributed by atoms with van der Waals surface area (Å²) < 4.78 is 8.14. The number of carbonyl (C=O) groups excluding carboxylic acids is 1. The number of ether oxygens (including phenoxy) is 1. The van der Waals surface area contributed by atoms with E-state index in [1.165, 1.54) is 96.9 Å². The van der Waals surface area contributed by atoms with Crippen LogP contribution in [0.1, 0.15) is 126 Å². The van der Waals surface area contributed by atoms with Gasteiger partial charge in [-0.25, -0.2) is 14.6 Å². The first kappa shape index (κ1) is 31.5. The highest BCUT2D eigenvalue weighted by atomic mass is 16.5. The minimum atomic E-state index is -0.639. The number of aromatic nitrogens is 4. The van der Waals surface area contributed by atoms with Crippen molar-refractivity contribution in [2.45, 2.75) is 117 Å². The fourth-order valence-corrected chi connectivity index (χ4v) is 5.28. The van der Waals surface area contributed by atoms with Crippen LogP contribution in [0.5, 0.6) is 0 Å². The molecule has 0 aliphatic carbocycles. The van der Waals surface area contributed by atoms with Crippen LogP contribution in [-0.4, -0.2) is 31.7 Å². The minimum absolute atomic E-state index is 0.121. The third-order valence-electron chi connectivity index (χ3n) is 7.89. The minimum Gasteiger partial charge on any atom is -0.462 e. The van der Waals surface area contributed by atoms with E-state index in [1.807, 2.05) is 6.92 Å². The summed E-state index contributed by atoms with van der Waals surface area (Å²) in [5.41, 5.74) is 1.32. The number of hydrogen-bond donors (Lipinski definition) is 0. The zero-order valence-electron chi connectivity index (χ0n) is 25.1. The summed E-state index contributed by atoms with van der Waals surface area (Å²) in [4.78, 5) is 45.8. The van der Waals surface area contributed by atoms with E-state index in [0.717, 1.165) is 23.0 Å². The number of hydrogen-bond acceptors (Lipinski definition) is 6. The van der Waals surface area contributed by atoms with Gasteiger partial charge in [-0.2, -0.15) is 4.98 Å². The van der Waals surface area contributed by atoms with Crippen LogP contribution in [0.3, 0.4) is 0 Å². The molecule has 0 saturated carbocycles.